The highest BCUT2D eigenvalue weighted by Crippen LogP contribution is 2.40. The number of rotatable bonds is 7. The molecule has 3 aromatic rings. The quantitative estimate of drug-likeness (QED) is 0.595. The van der Waals surface area contributed by atoms with E-state index in [1.807, 2.05) is 0 Å². The molecular weight excluding hydrogens is 400 g/mol. The summed E-state index contributed by atoms with van der Waals surface area (Å²) < 4.78 is 16.1. The summed E-state index contributed by atoms with van der Waals surface area (Å²) in [6.45, 7) is 1.92. The van der Waals surface area contributed by atoms with Crippen molar-refractivity contribution in [1.82, 2.24) is 20.2 Å². The first kappa shape index (κ1) is 20.5. The Morgan fingerprint density at radius 3 is 2.35 bits per heavy atom. The largest absolute Gasteiger partial charge is 0.493 e. The fourth-order valence-corrected chi connectivity index (χ4v) is 3.53. The van der Waals surface area contributed by atoms with Crippen LogP contribution in [0, 0.1) is 0 Å². The Bertz CT molecular complexity index is 1050. The van der Waals surface area contributed by atoms with E-state index in [0.717, 1.165) is 31.7 Å². The van der Waals surface area contributed by atoms with Gasteiger partial charge in [0.2, 0.25) is 5.75 Å². The van der Waals surface area contributed by atoms with Crippen LogP contribution in [0.25, 0.3) is 11.3 Å². The van der Waals surface area contributed by atoms with Crippen LogP contribution in [0.4, 0.5) is 11.6 Å². The van der Waals surface area contributed by atoms with E-state index in [1.54, 1.807) is 45.6 Å². The van der Waals surface area contributed by atoms with Crippen LogP contribution in [0.15, 0.2) is 30.6 Å². The van der Waals surface area contributed by atoms with E-state index in [0.29, 0.717) is 40.0 Å². The second-order valence-corrected chi connectivity index (χ2v) is 6.99. The summed E-state index contributed by atoms with van der Waals surface area (Å²) in [5.41, 5.74) is 1.57. The number of carbonyl (C=O) groups is 1. The van der Waals surface area contributed by atoms with E-state index in [4.69, 9.17) is 14.2 Å². The molecule has 31 heavy (non-hydrogen) atoms. The van der Waals surface area contributed by atoms with Crippen LogP contribution in [0.1, 0.15) is 23.3 Å². The van der Waals surface area contributed by atoms with Gasteiger partial charge in [-0.3, -0.25) is 9.89 Å². The summed E-state index contributed by atoms with van der Waals surface area (Å²) in [4.78, 5) is 23.3. The standard InChI is InChI=1S/C21H24N6O4/c1-29-16-8-13(9-17(30-2)20(16)31-3)14-10-15(26-25-14)21(28)24-18-11-19(23-12-22-18)27-6-4-5-7-27/h8-12H,4-7H2,1-3H3,(H,25,26)(H,22,23,24,28). The predicted molar refractivity (Wildman–Crippen MR) is 115 cm³/mol. The number of carbonyl (C=O) groups excluding carboxylic acids is 1. The van der Waals surface area contributed by atoms with Crippen molar-refractivity contribution in [2.24, 2.45) is 0 Å². The molecule has 1 aromatic carbocycles. The van der Waals surface area contributed by atoms with Gasteiger partial charge in [-0.2, -0.15) is 5.10 Å². The third kappa shape index (κ3) is 4.23. The van der Waals surface area contributed by atoms with Gasteiger partial charge >= 0.3 is 0 Å². The number of methoxy groups -OCH3 is 3. The molecule has 162 valence electrons. The predicted octanol–water partition coefficient (Wildman–Crippen LogP) is 2.75. The van der Waals surface area contributed by atoms with Crippen LogP contribution in [0.2, 0.25) is 0 Å². The van der Waals surface area contributed by atoms with Crippen molar-refractivity contribution in [2.75, 3.05) is 44.6 Å². The molecule has 1 fully saturated rings. The van der Waals surface area contributed by atoms with Crippen molar-refractivity contribution in [3.8, 4) is 28.5 Å². The maximum Gasteiger partial charge on any atom is 0.274 e. The van der Waals surface area contributed by atoms with Gasteiger partial charge in [0, 0.05) is 24.7 Å². The molecule has 0 bridgehead atoms. The number of benzene rings is 1. The van der Waals surface area contributed by atoms with Crippen molar-refractivity contribution in [3.05, 3.63) is 36.3 Å². The summed E-state index contributed by atoms with van der Waals surface area (Å²) in [5, 5.41) is 9.82. The maximum absolute atomic E-state index is 12.7. The Morgan fingerprint density at radius 2 is 1.71 bits per heavy atom. The van der Waals surface area contributed by atoms with Gasteiger partial charge in [0.15, 0.2) is 11.5 Å². The highest BCUT2D eigenvalue weighted by Gasteiger charge is 2.18. The normalized spacial score (nSPS) is 13.2. The van der Waals surface area contributed by atoms with Crippen LogP contribution < -0.4 is 24.4 Å². The molecule has 1 aliphatic rings. The van der Waals surface area contributed by atoms with Crippen LogP contribution in [0.3, 0.4) is 0 Å². The van der Waals surface area contributed by atoms with E-state index in [2.05, 4.69) is 30.4 Å². The molecule has 0 atom stereocenters. The average Bonchev–Trinajstić information content (AvgIpc) is 3.51. The van der Waals surface area contributed by atoms with Gasteiger partial charge < -0.3 is 24.4 Å². The Labute approximate surface area is 179 Å². The number of nitrogens with one attached hydrogen (secondary N) is 2. The van der Waals surface area contributed by atoms with Crippen molar-refractivity contribution in [1.29, 1.82) is 0 Å². The van der Waals surface area contributed by atoms with Crippen molar-refractivity contribution >= 4 is 17.5 Å². The first-order valence-corrected chi connectivity index (χ1v) is 9.87. The van der Waals surface area contributed by atoms with Gasteiger partial charge in [0.05, 0.1) is 27.0 Å². The summed E-state index contributed by atoms with van der Waals surface area (Å²) in [6.07, 6.45) is 3.74. The second kappa shape index (κ2) is 8.90. The van der Waals surface area contributed by atoms with E-state index in [9.17, 15) is 4.79 Å². The minimum absolute atomic E-state index is 0.296. The lowest BCUT2D eigenvalue weighted by Crippen LogP contribution is -2.20. The summed E-state index contributed by atoms with van der Waals surface area (Å²) in [7, 11) is 4.63. The van der Waals surface area contributed by atoms with Crippen LogP contribution >= 0.6 is 0 Å². The molecule has 0 radical (unpaired) electrons. The van der Waals surface area contributed by atoms with Crippen LogP contribution in [0.5, 0.6) is 17.2 Å². The van der Waals surface area contributed by atoms with E-state index < -0.39 is 0 Å². The summed E-state index contributed by atoms with van der Waals surface area (Å²) >= 11 is 0. The molecule has 1 saturated heterocycles. The molecule has 0 aliphatic carbocycles. The number of hydrogen-bond donors (Lipinski definition) is 2. The molecule has 10 heteroatoms. The molecule has 0 spiro atoms. The zero-order chi connectivity index (χ0) is 21.8. The number of H-pyrrole nitrogens is 1. The second-order valence-electron chi connectivity index (χ2n) is 6.99. The summed E-state index contributed by atoms with van der Waals surface area (Å²) in [5.74, 6) is 2.39. The van der Waals surface area contributed by atoms with Crippen molar-refractivity contribution in [3.63, 3.8) is 0 Å². The van der Waals surface area contributed by atoms with Gasteiger partial charge in [-0.15, -0.1) is 0 Å². The minimum atomic E-state index is -0.350. The van der Waals surface area contributed by atoms with Gasteiger partial charge in [-0.25, -0.2) is 9.97 Å². The van der Waals surface area contributed by atoms with Crippen molar-refractivity contribution in [2.45, 2.75) is 12.8 Å². The lowest BCUT2D eigenvalue weighted by molar-refractivity contribution is 0.102. The molecule has 10 nitrogen and oxygen atoms in total. The SMILES string of the molecule is COc1cc(-c2cc(C(=O)Nc3cc(N4CCCC4)ncn3)[nH]n2)cc(OC)c1OC. The number of nitrogens with zero attached hydrogens (tertiary/aromatic N) is 4. The molecule has 2 N–H and O–H groups in total. The molecule has 0 unspecified atom stereocenters. The Kier molecular flexibility index (Phi) is 5.87. The van der Waals surface area contributed by atoms with E-state index in [-0.39, 0.29) is 5.91 Å². The van der Waals surface area contributed by atoms with Gasteiger partial charge in [0.25, 0.3) is 5.91 Å². The lowest BCUT2D eigenvalue weighted by Gasteiger charge is -2.16. The Morgan fingerprint density at radius 1 is 1.00 bits per heavy atom. The molecular formula is C21H24N6O4. The molecule has 4 rings (SSSR count). The lowest BCUT2D eigenvalue weighted by atomic mass is 10.1. The Hall–Kier alpha value is -3.82. The zero-order valence-electron chi connectivity index (χ0n) is 17.6. The fraction of sp³-hybridized carbons (Fsp3) is 0.333. The topological polar surface area (TPSA) is 114 Å². The fourth-order valence-electron chi connectivity index (χ4n) is 3.53. The number of aromatic nitrogens is 4. The van der Waals surface area contributed by atoms with Crippen LogP contribution in [-0.4, -0.2) is 60.5 Å². The number of anilines is 2. The van der Waals surface area contributed by atoms with E-state index >= 15 is 0 Å². The first-order valence-electron chi connectivity index (χ1n) is 9.87. The van der Waals surface area contributed by atoms with Gasteiger partial charge in [-0.05, 0) is 31.0 Å². The minimum Gasteiger partial charge on any atom is -0.493 e. The summed E-state index contributed by atoms with van der Waals surface area (Å²) in [6, 6.07) is 6.97. The highest BCUT2D eigenvalue weighted by molar-refractivity contribution is 6.03. The molecule has 1 amide bonds. The number of amides is 1. The van der Waals surface area contributed by atoms with Crippen molar-refractivity contribution < 1.29 is 19.0 Å². The molecule has 3 heterocycles. The maximum atomic E-state index is 12.7. The molecule has 0 saturated carbocycles. The Balaban J connectivity index is 1.54. The molecule has 2 aromatic heterocycles. The van der Waals surface area contributed by atoms with E-state index in [1.165, 1.54) is 6.33 Å². The third-order valence-corrected chi connectivity index (χ3v) is 5.11. The average molecular weight is 424 g/mol. The molecule has 1 aliphatic heterocycles. The highest BCUT2D eigenvalue weighted by atomic mass is 16.5. The number of aromatic amines is 1. The number of ether oxygens (including phenoxy) is 3. The van der Waals surface area contributed by atoms with Gasteiger partial charge in [0.1, 0.15) is 23.7 Å². The monoisotopic (exact) mass is 424 g/mol. The zero-order valence-corrected chi connectivity index (χ0v) is 17.6. The first-order chi connectivity index (χ1) is 15.1. The van der Waals surface area contributed by atoms with Crippen LogP contribution in [-0.2, 0) is 0 Å². The third-order valence-electron chi connectivity index (χ3n) is 5.11. The number of hydrogen-bond acceptors (Lipinski definition) is 8. The van der Waals surface area contributed by atoms with Gasteiger partial charge in [-0.1, -0.05) is 0 Å². The smallest absolute Gasteiger partial charge is 0.274 e.